The second-order valence-corrected chi connectivity index (χ2v) is 3.55. The third kappa shape index (κ3) is 4.52. The van der Waals surface area contributed by atoms with Crippen molar-refractivity contribution in [2.75, 3.05) is 6.61 Å². The summed E-state index contributed by atoms with van der Waals surface area (Å²) in [4.78, 5) is 11.3. The van der Waals surface area contributed by atoms with Crippen molar-refractivity contribution in [3.05, 3.63) is 41.5 Å². The van der Waals surface area contributed by atoms with Crippen LogP contribution in [0.1, 0.15) is 30.9 Å². The van der Waals surface area contributed by atoms with Gasteiger partial charge in [0.15, 0.2) is 0 Å². The predicted molar refractivity (Wildman–Crippen MR) is 66.1 cm³/mol. The molecule has 1 rings (SSSR count). The van der Waals surface area contributed by atoms with Crippen LogP contribution in [-0.4, -0.2) is 12.6 Å². The van der Waals surface area contributed by atoms with Crippen molar-refractivity contribution in [2.45, 2.75) is 19.8 Å². The maximum atomic E-state index is 11.3. The third-order valence-electron chi connectivity index (χ3n) is 2.22. The molecule has 3 heteroatoms. The second-order valence-electron chi connectivity index (χ2n) is 3.55. The molecule has 0 aliphatic carbocycles. The van der Waals surface area contributed by atoms with Gasteiger partial charge in [-0.3, -0.25) is 0 Å². The van der Waals surface area contributed by atoms with Crippen LogP contribution < -0.4 is 0 Å². The highest BCUT2D eigenvalue weighted by Crippen LogP contribution is 2.09. The summed E-state index contributed by atoms with van der Waals surface area (Å²) in [7, 11) is 0. The Kier molecular flexibility index (Phi) is 5.53. The molecule has 0 heterocycles. The summed E-state index contributed by atoms with van der Waals surface area (Å²) in [6.07, 6.45) is 4.82. The number of nitrogens with zero attached hydrogens (tertiary/aromatic N) is 1. The third-order valence-corrected chi connectivity index (χ3v) is 2.22. The fourth-order valence-electron chi connectivity index (χ4n) is 1.27. The van der Waals surface area contributed by atoms with Gasteiger partial charge in [-0.15, -0.1) is 0 Å². The average molecular weight is 229 g/mol. The number of unbranched alkanes of at least 4 members (excludes halogenated alkanes) is 1. The first kappa shape index (κ1) is 13.0. The van der Waals surface area contributed by atoms with Gasteiger partial charge in [-0.2, -0.15) is 5.26 Å². The zero-order chi connectivity index (χ0) is 12.5. The quantitative estimate of drug-likeness (QED) is 0.443. The molecular formula is C14H15NO2. The van der Waals surface area contributed by atoms with Crippen LogP contribution in [0.2, 0.25) is 0 Å². The van der Waals surface area contributed by atoms with Crippen molar-refractivity contribution < 1.29 is 9.53 Å². The molecule has 0 saturated heterocycles. The van der Waals surface area contributed by atoms with Crippen molar-refractivity contribution in [3.8, 4) is 6.07 Å². The zero-order valence-corrected chi connectivity index (χ0v) is 9.85. The summed E-state index contributed by atoms with van der Waals surface area (Å²) < 4.78 is 4.97. The minimum Gasteiger partial charge on any atom is -0.463 e. The molecule has 1 aromatic rings. The van der Waals surface area contributed by atoms with Gasteiger partial charge in [-0.05, 0) is 24.1 Å². The molecule has 88 valence electrons. The number of hydrogen-bond acceptors (Lipinski definition) is 3. The molecule has 17 heavy (non-hydrogen) atoms. The van der Waals surface area contributed by atoms with Gasteiger partial charge in [0.1, 0.15) is 0 Å². The molecule has 0 saturated carbocycles. The Bertz CT molecular complexity index is 444. The molecule has 0 fully saturated rings. The normalized spacial score (nSPS) is 10.1. The highest BCUT2D eigenvalue weighted by Gasteiger charge is 1.99. The maximum absolute atomic E-state index is 11.3. The van der Waals surface area contributed by atoms with Gasteiger partial charge in [0.05, 0.1) is 18.2 Å². The molecule has 3 nitrogen and oxygen atoms in total. The Morgan fingerprint density at radius 1 is 1.47 bits per heavy atom. The summed E-state index contributed by atoms with van der Waals surface area (Å²) in [6, 6.07) is 9.17. The average Bonchev–Trinajstić information content (AvgIpc) is 2.37. The molecule has 0 unspecified atom stereocenters. The van der Waals surface area contributed by atoms with Gasteiger partial charge in [0.25, 0.3) is 0 Å². The van der Waals surface area contributed by atoms with Crippen LogP contribution in [0.4, 0.5) is 0 Å². The van der Waals surface area contributed by atoms with Crippen LogP contribution in [0.15, 0.2) is 30.3 Å². The van der Waals surface area contributed by atoms with Crippen molar-refractivity contribution >= 4 is 12.0 Å². The standard InChI is InChI=1S/C14H15NO2/c1-2-3-10-17-14(16)9-8-12-6-4-5-7-13(12)11-15/h4-9H,2-3,10H2,1H3. The molecule has 0 aliphatic heterocycles. The molecule has 0 amide bonds. The highest BCUT2D eigenvalue weighted by atomic mass is 16.5. The Balaban J connectivity index is 2.58. The second kappa shape index (κ2) is 7.24. The van der Waals surface area contributed by atoms with Crippen molar-refractivity contribution in [2.24, 2.45) is 0 Å². The summed E-state index contributed by atoms with van der Waals surface area (Å²) in [6.45, 7) is 2.48. The summed E-state index contributed by atoms with van der Waals surface area (Å²) in [5.74, 6) is -0.369. The lowest BCUT2D eigenvalue weighted by Crippen LogP contribution is -2.01. The van der Waals surface area contributed by atoms with Crippen LogP contribution in [0.25, 0.3) is 6.08 Å². The number of hydrogen-bond donors (Lipinski definition) is 0. The smallest absolute Gasteiger partial charge is 0.330 e. The predicted octanol–water partition coefficient (Wildman–Crippen LogP) is 2.91. The van der Waals surface area contributed by atoms with Crippen molar-refractivity contribution in [1.82, 2.24) is 0 Å². The molecule has 1 aromatic carbocycles. The van der Waals surface area contributed by atoms with E-state index in [0.29, 0.717) is 12.2 Å². The molecule has 0 atom stereocenters. The highest BCUT2D eigenvalue weighted by molar-refractivity contribution is 5.87. The molecule has 0 N–H and O–H groups in total. The number of rotatable bonds is 5. The van der Waals surface area contributed by atoms with Gasteiger partial charge in [-0.1, -0.05) is 31.5 Å². The molecule has 0 bridgehead atoms. The van der Waals surface area contributed by atoms with Gasteiger partial charge < -0.3 is 4.74 Å². The van der Waals surface area contributed by atoms with Crippen LogP contribution in [0, 0.1) is 11.3 Å². The van der Waals surface area contributed by atoms with Gasteiger partial charge in [-0.25, -0.2) is 4.79 Å². The number of carbonyl (C=O) groups excluding carboxylic acids is 1. The number of ether oxygens (including phenoxy) is 1. The van der Waals surface area contributed by atoms with Gasteiger partial charge in [0.2, 0.25) is 0 Å². The Morgan fingerprint density at radius 2 is 2.24 bits per heavy atom. The van der Waals surface area contributed by atoms with E-state index in [1.807, 2.05) is 13.0 Å². The molecule has 0 radical (unpaired) electrons. The lowest BCUT2D eigenvalue weighted by Gasteiger charge is -1.99. The van der Waals surface area contributed by atoms with Crippen molar-refractivity contribution in [3.63, 3.8) is 0 Å². The Hall–Kier alpha value is -2.08. The topological polar surface area (TPSA) is 50.1 Å². The lowest BCUT2D eigenvalue weighted by atomic mass is 10.1. The van der Waals surface area contributed by atoms with E-state index in [9.17, 15) is 4.79 Å². The SMILES string of the molecule is CCCCOC(=O)C=Cc1ccccc1C#N. The van der Waals surface area contributed by atoms with E-state index in [0.717, 1.165) is 18.4 Å². The molecule has 0 aromatic heterocycles. The van der Waals surface area contributed by atoms with Crippen molar-refractivity contribution in [1.29, 1.82) is 5.26 Å². The van der Waals surface area contributed by atoms with Crippen LogP contribution in [0.5, 0.6) is 0 Å². The minimum atomic E-state index is -0.369. The summed E-state index contributed by atoms with van der Waals surface area (Å²) in [5.41, 5.74) is 1.27. The first-order chi connectivity index (χ1) is 8.27. The minimum absolute atomic E-state index is 0.369. The van der Waals surface area contributed by atoms with Gasteiger partial charge >= 0.3 is 5.97 Å². The molecule has 0 aliphatic rings. The molecular weight excluding hydrogens is 214 g/mol. The summed E-state index contributed by atoms with van der Waals surface area (Å²) in [5, 5.41) is 8.86. The fourth-order valence-corrected chi connectivity index (χ4v) is 1.27. The first-order valence-corrected chi connectivity index (χ1v) is 5.62. The fraction of sp³-hybridized carbons (Fsp3) is 0.286. The van der Waals surface area contributed by atoms with E-state index in [1.165, 1.54) is 6.08 Å². The first-order valence-electron chi connectivity index (χ1n) is 5.62. The number of esters is 1. The zero-order valence-electron chi connectivity index (χ0n) is 9.85. The van der Waals surface area contributed by atoms with E-state index in [-0.39, 0.29) is 5.97 Å². The monoisotopic (exact) mass is 229 g/mol. The van der Waals surface area contributed by atoms with E-state index in [4.69, 9.17) is 10.00 Å². The van der Waals surface area contributed by atoms with Crippen LogP contribution in [0.3, 0.4) is 0 Å². The number of benzene rings is 1. The molecule has 0 spiro atoms. The van der Waals surface area contributed by atoms with E-state index in [2.05, 4.69) is 6.07 Å². The van der Waals surface area contributed by atoms with E-state index >= 15 is 0 Å². The Morgan fingerprint density at radius 3 is 2.94 bits per heavy atom. The van der Waals surface area contributed by atoms with Crippen LogP contribution >= 0.6 is 0 Å². The summed E-state index contributed by atoms with van der Waals surface area (Å²) >= 11 is 0. The Labute approximate surface area is 101 Å². The number of nitriles is 1. The largest absolute Gasteiger partial charge is 0.463 e. The lowest BCUT2D eigenvalue weighted by molar-refractivity contribution is -0.137. The van der Waals surface area contributed by atoms with Gasteiger partial charge in [0, 0.05) is 6.08 Å². The van der Waals surface area contributed by atoms with E-state index in [1.54, 1.807) is 24.3 Å². The van der Waals surface area contributed by atoms with Crippen LogP contribution in [-0.2, 0) is 9.53 Å². The maximum Gasteiger partial charge on any atom is 0.330 e. The number of carbonyl (C=O) groups is 1. The van der Waals surface area contributed by atoms with E-state index < -0.39 is 0 Å².